The van der Waals surface area contributed by atoms with E-state index < -0.39 is 0 Å². The van der Waals surface area contributed by atoms with Crippen LogP contribution in [-0.4, -0.2) is 23.7 Å². The third-order valence-corrected chi connectivity index (χ3v) is 4.34. The van der Waals surface area contributed by atoms with Crippen LogP contribution in [0.2, 0.25) is 0 Å². The summed E-state index contributed by atoms with van der Waals surface area (Å²) in [6, 6.07) is 1.94. The molecule has 86 valence electrons. The number of aliphatic hydroxyl groups is 1. The molecule has 0 fully saturated rings. The first kappa shape index (κ1) is 12.1. The maximum Gasteiger partial charge on any atom is 0.252 e. The smallest absolute Gasteiger partial charge is 0.252 e. The maximum atomic E-state index is 11.8. The summed E-state index contributed by atoms with van der Waals surface area (Å²) in [5.74, 6) is 0.153. The van der Waals surface area contributed by atoms with Gasteiger partial charge in [-0.25, -0.2) is 0 Å². The number of halogens is 1. The summed E-state index contributed by atoms with van der Waals surface area (Å²) >= 11 is 3.76. The van der Waals surface area contributed by atoms with Crippen LogP contribution in [0.3, 0.4) is 0 Å². The molecule has 1 aromatic rings. The number of hydrogen-bond donors (Lipinski definition) is 2. The molecule has 5 heteroatoms. The fraction of sp³-hybridized carbons (Fsp3) is 0.364. The van der Waals surface area contributed by atoms with Crippen LogP contribution >= 0.6 is 33.9 Å². The van der Waals surface area contributed by atoms with Crippen LogP contribution < -0.4 is 5.32 Å². The quantitative estimate of drug-likeness (QED) is 0.648. The Morgan fingerprint density at radius 1 is 1.62 bits per heavy atom. The van der Waals surface area contributed by atoms with Crippen LogP contribution in [-0.2, 0) is 0 Å². The predicted molar refractivity (Wildman–Crippen MR) is 72.6 cm³/mol. The lowest BCUT2D eigenvalue weighted by Gasteiger charge is -2.11. The Morgan fingerprint density at radius 2 is 2.44 bits per heavy atom. The van der Waals surface area contributed by atoms with Gasteiger partial charge < -0.3 is 10.4 Å². The maximum absolute atomic E-state index is 11.8. The van der Waals surface area contributed by atoms with E-state index in [9.17, 15) is 4.79 Å². The van der Waals surface area contributed by atoms with Gasteiger partial charge in [0.25, 0.3) is 5.91 Å². The Bertz CT molecular complexity index is 416. The van der Waals surface area contributed by atoms with Crippen molar-refractivity contribution in [3.63, 3.8) is 0 Å². The minimum atomic E-state index is -0.0348. The van der Waals surface area contributed by atoms with Crippen LogP contribution in [0.1, 0.15) is 16.8 Å². The molecule has 0 spiro atoms. The highest BCUT2D eigenvalue weighted by molar-refractivity contribution is 14.1. The summed E-state index contributed by atoms with van der Waals surface area (Å²) in [5, 5.41) is 13.8. The molecule has 16 heavy (non-hydrogen) atoms. The van der Waals surface area contributed by atoms with Crippen LogP contribution in [0.15, 0.2) is 23.6 Å². The van der Waals surface area contributed by atoms with E-state index in [1.807, 2.05) is 23.6 Å². The molecule has 0 aliphatic heterocycles. The molecule has 1 aliphatic rings. The largest absolute Gasteiger partial charge is 0.396 e. The van der Waals surface area contributed by atoms with Crippen LogP contribution in [0.4, 0.5) is 0 Å². The standard InChI is InChI=1S/C11H12INO2S/c12-10-4-8(6-16-10)11(15)13-9-2-1-7(3-9)5-14/h1-2,4,6-7,9,14H,3,5H2,(H,13,15)/t7-,9+/m0/s1. The van der Waals surface area contributed by atoms with Gasteiger partial charge in [0.2, 0.25) is 0 Å². The summed E-state index contributed by atoms with van der Waals surface area (Å²) < 4.78 is 1.11. The lowest BCUT2D eigenvalue weighted by molar-refractivity contribution is 0.0941. The van der Waals surface area contributed by atoms with E-state index in [0.717, 1.165) is 14.9 Å². The topological polar surface area (TPSA) is 49.3 Å². The van der Waals surface area contributed by atoms with E-state index in [1.54, 1.807) is 11.3 Å². The van der Waals surface area contributed by atoms with Gasteiger partial charge in [-0.05, 0) is 35.1 Å². The van der Waals surface area contributed by atoms with Crippen molar-refractivity contribution in [1.82, 2.24) is 5.32 Å². The van der Waals surface area contributed by atoms with Gasteiger partial charge in [0.1, 0.15) is 0 Å². The second kappa shape index (κ2) is 5.29. The van der Waals surface area contributed by atoms with Crippen molar-refractivity contribution in [3.8, 4) is 0 Å². The van der Waals surface area contributed by atoms with Gasteiger partial charge in [-0.1, -0.05) is 12.2 Å². The number of carbonyl (C=O) groups excluding carboxylic acids is 1. The van der Waals surface area contributed by atoms with E-state index in [4.69, 9.17) is 5.11 Å². The molecule has 0 saturated carbocycles. The van der Waals surface area contributed by atoms with Crippen molar-refractivity contribution in [2.75, 3.05) is 6.61 Å². The van der Waals surface area contributed by atoms with Crippen molar-refractivity contribution >= 4 is 39.8 Å². The summed E-state index contributed by atoms with van der Waals surface area (Å²) in [7, 11) is 0. The monoisotopic (exact) mass is 349 g/mol. The summed E-state index contributed by atoms with van der Waals surface area (Å²) in [5.41, 5.74) is 0.718. The van der Waals surface area contributed by atoms with Gasteiger partial charge in [-0.3, -0.25) is 4.79 Å². The molecule has 0 bridgehead atoms. The highest BCUT2D eigenvalue weighted by atomic mass is 127. The highest BCUT2D eigenvalue weighted by Gasteiger charge is 2.20. The molecule has 0 saturated heterocycles. The molecule has 0 aromatic carbocycles. The molecule has 1 aromatic heterocycles. The number of aliphatic hydroxyl groups excluding tert-OH is 1. The normalized spacial score (nSPS) is 23.6. The van der Waals surface area contributed by atoms with E-state index in [0.29, 0.717) is 0 Å². The number of carbonyl (C=O) groups is 1. The fourth-order valence-corrected chi connectivity index (χ4v) is 3.02. The van der Waals surface area contributed by atoms with Gasteiger partial charge in [-0.15, -0.1) is 11.3 Å². The van der Waals surface area contributed by atoms with Gasteiger partial charge >= 0.3 is 0 Å². The molecule has 2 atom stereocenters. The third-order valence-electron chi connectivity index (χ3n) is 2.55. The molecule has 1 aliphatic carbocycles. The van der Waals surface area contributed by atoms with Gasteiger partial charge in [0.05, 0.1) is 8.45 Å². The van der Waals surface area contributed by atoms with Gasteiger partial charge in [0.15, 0.2) is 0 Å². The number of hydrogen-bond acceptors (Lipinski definition) is 3. The van der Waals surface area contributed by atoms with Gasteiger partial charge in [-0.2, -0.15) is 0 Å². The summed E-state index contributed by atoms with van der Waals surface area (Å²) in [4.78, 5) is 11.8. The zero-order chi connectivity index (χ0) is 11.5. The van der Waals surface area contributed by atoms with Crippen LogP contribution in [0.25, 0.3) is 0 Å². The van der Waals surface area contributed by atoms with Crippen LogP contribution in [0, 0.1) is 8.80 Å². The summed E-state index contributed by atoms with van der Waals surface area (Å²) in [6.45, 7) is 0.152. The zero-order valence-electron chi connectivity index (χ0n) is 8.52. The van der Waals surface area contributed by atoms with Crippen molar-refractivity contribution in [2.24, 2.45) is 5.92 Å². The molecular weight excluding hydrogens is 337 g/mol. The molecular formula is C11H12INO2S. The Morgan fingerprint density at radius 3 is 3.00 bits per heavy atom. The number of thiophene rings is 1. The zero-order valence-corrected chi connectivity index (χ0v) is 11.5. The highest BCUT2D eigenvalue weighted by Crippen LogP contribution is 2.19. The van der Waals surface area contributed by atoms with E-state index in [-0.39, 0.29) is 24.5 Å². The first-order valence-electron chi connectivity index (χ1n) is 5.03. The molecule has 3 nitrogen and oxygen atoms in total. The lowest BCUT2D eigenvalue weighted by Crippen LogP contribution is -2.32. The summed E-state index contributed by atoms with van der Waals surface area (Å²) in [6.07, 6.45) is 4.71. The SMILES string of the molecule is O=C(N[C@@H]1C=C[C@H](CO)C1)c1csc(I)c1. The molecule has 0 radical (unpaired) electrons. The van der Waals surface area contributed by atoms with Crippen LogP contribution in [0.5, 0.6) is 0 Å². The average Bonchev–Trinajstić information content (AvgIpc) is 2.87. The minimum absolute atomic E-state index is 0.0348. The predicted octanol–water partition coefficient (Wildman–Crippen LogP) is 2.02. The Balaban J connectivity index is 1.92. The van der Waals surface area contributed by atoms with Crippen molar-refractivity contribution in [3.05, 3.63) is 32.0 Å². The van der Waals surface area contributed by atoms with E-state index in [2.05, 4.69) is 27.9 Å². The number of rotatable bonds is 3. The number of nitrogens with one attached hydrogen (secondary N) is 1. The first-order valence-corrected chi connectivity index (χ1v) is 6.99. The van der Waals surface area contributed by atoms with Crippen molar-refractivity contribution < 1.29 is 9.90 Å². The second-order valence-electron chi connectivity index (χ2n) is 3.78. The minimum Gasteiger partial charge on any atom is -0.396 e. The van der Waals surface area contributed by atoms with Gasteiger partial charge in [0, 0.05) is 23.9 Å². The number of amides is 1. The van der Waals surface area contributed by atoms with E-state index in [1.165, 1.54) is 0 Å². The molecule has 1 heterocycles. The third kappa shape index (κ3) is 2.83. The molecule has 1 amide bonds. The average molecular weight is 349 g/mol. The Hall–Kier alpha value is -0.400. The fourth-order valence-electron chi connectivity index (χ4n) is 1.70. The van der Waals surface area contributed by atoms with E-state index >= 15 is 0 Å². The Kier molecular flexibility index (Phi) is 3.99. The molecule has 2 rings (SSSR count). The van der Waals surface area contributed by atoms with Crippen molar-refractivity contribution in [2.45, 2.75) is 12.5 Å². The Labute approximate surface area is 112 Å². The molecule has 2 N–H and O–H groups in total. The first-order chi connectivity index (χ1) is 7.69. The lowest BCUT2D eigenvalue weighted by atomic mass is 10.1. The molecule has 0 unspecified atom stereocenters. The van der Waals surface area contributed by atoms with Crippen molar-refractivity contribution in [1.29, 1.82) is 0 Å². The second-order valence-corrected chi connectivity index (χ2v) is 6.59.